The van der Waals surface area contributed by atoms with Gasteiger partial charge in [0.05, 0.1) is 39.4 Å². The molecular formula is C46H50FN9O4S. The first-order valence-corrected chi connectivity index (χ1v) is 22.5. The zero-order valence-electron chi connectivity index (χ0n) is 34.9. The minimum Gasteiger partial charge on any atom is -0.402 e. The first-order valence-electron chi connectivity index (χ1n) is 20.8. The van der Waals surface area contributed by atoms with Crippen molar-refractivity contribution in [1.82, 2.24) is 28.4 Å². The van der Waals surface area contributed by atoms with Crippen LogP contribution in [0.3, 0.4) is 0 Å². The van der Waals surface area contributed by atoms with Gasteiger partial charge in [-0.1, -0.05) is 6.07 Å². The largest absolute Gasteiger partial charge is 0.402 e. The van der Waals surface area contributed by atoms with E-state index in [0.29, 0.717) is 82.1 Å². The number of imidazole rings is 1. The Kier molecular flexibility index (Phi) is 10.6. The maximum atomic E-state index is 15.1. The van der Waals surface area contributed by atoms with E-state index in [-0.39, 0.29) is 17.6 Å². The molecule has 1 saturated heterocycles. The Morgan fingerprint density at radius 1 is 1.02 bits per heavy atom. The molecule has 3 aromatic heterocycles. The molecule has 1 unspecified atom stereocenters. The minimum absolute atomic E-state index is 0.186. The zero-order valence-corrected chi connectivity index (χ0v) is 35.7. The van der Waals surface area contributed by atoms with Crippen LogP contribution in [0.5, 0.6) is 0 Å². The summed E-state index contributed by atoms with van der Waals surface area (Å²) in [5.74, 6) is 0.621. The van der Waals surface area contributed by atoms with Crippen LogP contribution in [0.25, 0.3) is 16.6 Å². The van der Waals surface area contributed by atoms with Gasteiger partial charge in [0.2, 0.25) is 0 Å². The van der Waals surface area contributed by atoms with Gasteiger partial charge < -0.3 is 19.9 Å². The Balaban J connectivity index is 1.12. The summed E-state index contributed by atoms with van der Waals surface area (Å²) in [5.41, 5.74) is 13.0. The number of hydrogen-bond donors (Lipinski definition) is 1. The molecule has 0 saturated carbocycles. The lowest BCUT2D eigenvalue weighted by atomic mass is 9.91. The molecule has 3 aliphatic rings. The summed E-state index contributed by atoms with van der Waals surface area (Å²) in [5, 5.41) is 5.37. The van der Waals surface area contributed by atoms with E-state index in [2.05, 4.69) is 32.2 Å². The van der Waals surface area contributed by atoms with Gasteiger partial charge in [-0.25, -0.2) is 22.7 Å². The molecular weight excluding hydrogens is 794 g/mol. The molecule has 13 nitrogen and oxygen atoms in total. The molecule has 2 atom stereocenters. The van der Waals surface area contributed by atoms with E-state index in [0.717, 1.165) is 49.1 Å². The number of halogens is 1. The van der Waals surface area contributed by atoms with Gasteiger partial charge in [-0.05, 0) is 123 Å². The summed E-state index contributed by atoms with van der Waals surface area (Å²) in [4.78, 5) is 37.1. The van der Waals surface area contributed by atoms with Crippen molar-refractivity contribution in [1.29, 1.82) is 0 Å². The molecule has 0 spiro atoms. The number of rotatable bonds is 8. The highest BCUT2D eigenvalue weighted by atomic mass is 32.2. The predicted octanol–water partition coefficient (Wildman–Crippen LogP) is 6.98. The number of nitrogens with zero attached hydrogens (tertiary/aromatic N) is 8. The quantitative estimate of drug-likeness (QED) is 0.129. The summed E-state index contributed by atoms with van der Waals surface area (Å²) in [7, 11) is -0.570. The lowest BCUT2D eigenvalue weighted by molar-refractivity contribution is 0.0700. The van der Waals surface area contributed by atoms with E-state index in [1.165, 1.54) is 14.7 Å². The van der Waals surface area contributed by atoms with Crippen molar-refractivity contribution < 1.29 is 18.1 Å². The number of aliphatic imine (C=N–C) groups is 1. The molecule has 3 aromatic carbocycles. The molecule has 1 fully saturated rings. The molecule has 1 amide bonds. The summed E-state index contributed by atoms with van der Waals surface area (Å²) in [6.45, 7) is 8.06. The highest BCUT2D eigenvalue weighted by Gasteiger charge is 2.35. The lowest BCUT2D eigenvalue weighted by Gasteiger charge is -2.36. The number of ether oxygens (including phenoxy) is 1. The zero-order chi connectivity index (χ0) is 42.6. The molecule has 3 aliphatic heterocycles. The number of nitrogens with two attached hydrogens (primary N) is 1. The molecule has 316 valence electrons. The molecule has 6 heterocycles. The molecule has 2 N–H and O–H groups in total. The second-order valence-electron chi connectivity index (χ2n) is 16.3. The third-order valence-electron chi connectivity index (χ3n) is 12.5. The van der Waals surface area contributed by atoms with Gasteiger partial charge in [-0.15, -0.1) is 0 Å². The van der Waals surface area contributed by atoms with E-state index in [1.807, 2.05) is 30.8 Å². The number of aromatic nitrogens is 5. The van der Waals surface area contributed by atoms with E-state index in [9.17, 15) is 13.4 Å². The van der Waals surface area contributed by atoms with Crippen LogP contribution in [0.4, 0.5) is 10.1 Å². The van der Waals surface area contributed by atoms with Crippen LogP contribution in [0.2, 0.25) is 0 Å². The van der Waals surface area contributed by atoms with Crippen molar-refractivity contribution in [3.8, 4) is 5.69 Å². The normalized spacial score (nSPS) is 20.2. The van der Waals surface area contributed by atoms with Crippen molar-refractivity contribution in [3.05, 3.63) is 141 Å². The third kappa shape index (κ3) is 7.43. The van der Waals surface area contributed by atoms with Crippen LogP contribution in [0, 0.1) is 19.7 Å². The Labute approximate surface area is 354 Å². The number of amides is 1. The second-order valence-corrected chi connectivity index (χ2v) is 18.7. The van der Waals surface area contributed by atoms with Crippen LogP contribution in [-0.4, -0.2) is 82.4 Å². The highest BCUT2D eigenvalue weighted by molar-refractivity contribution is 7.93. The molecule has 0 radical (unpaired) electrons. The first kappa shape index (κ1) is 40.4. The van der Waals surface area contributed by atoms with Gasteiger partial charge in [0.15, 0.2) is 0 Å². The number of carbonyl (C=O) groups excluding carboxylic acids is 1. The number of benzene rings is 3. The number of aryl methyl sites for hydroxylation is 3. The van der Waals surface area contributed by atoms with E-state index in [1.54, 1.807) is 73.7 Å². The van der Waals surface area contributed by atoms with Crippen molar-refractivity contribution in [3.63, 3.8) is 0 Å². The van der Waals surface area contributed by atoms with Crippen molar-refractivity contribution in [2.45, 2.75) is 69.9 Å². The standard InChI is InChI=1S/C46H50FN9O4S/c1-29-24-35(25-30(2)43(29)47)51-44(55-20-19-54(46(55)58)36-7-9-38(10-8-36)61(59)23-5-16-50-61)42-31(3)53(18-13-39(42)48)45(57)41-27-34-26-33(32-14-21-60-22-15-32)6-11-40(34)56(41)28-37-12-17-49-52(37)4/h6-12,17,19-20,24-27,31-32H,5,13-16,18,21-23,28,48H2,1-4H3/t31-,61?/m0/s1. The Bertz CT molecular complexity index is 2920. The smallest absolute Gasteiger partial charge is 0.338 e. The number of fused-ring (bicyclic) bond motifs is 1. The van der Waals surface area contributed by atoms with E-state index >= 15 is 4.79 Å². The average Bonchev–Trinajstić information content (AvgIpc) is 4.07. The van der Waals surface area contributed by atoms with Gasteiger partial charge >= 0.3 is 5.69 Å². The maximum Gasteiger partial charge on any atom is 0.338 e. The molecule has 61 heavy (non-hydrogen) atoms. The van der Waals surface area contributed by atoms with Crippen molar-refractivity contribution >= 4 is 38.1 Å². The third-order valence-corrected chi connectivity index (χ3v) is 14.9. The number of carbonyl (C=O) groups is 1. The Morgan fingerprint density at radius 3 is 2.46 bits per heavy atom. The van der Waals surface area contributed by atoms with Gasteiger partial charge in [0.1, 0.15) is 17.3 Å². The summed E-state index contributed by atoms with van der Waals surface area (Å²) < 4.78 is 45.0. The molecule has 9 rings (SSSR count). The van der Waals surface area contributed by atoms with Crippen molar-refractivity contribution in [2.75, 3.05) is 32.1 Å². The molecule has 0 aliphatic carbocycles. The molecule has 15 heteroatoms. The summed E-state index contributed by atoms with van der Waals surface area (Å²) in [6, 6.07) is 20.1. The van der Waals surface area contributed by atoms with Gasteiger partial charge in [0.25, 0.3) is 5.91 Å². The summed E-state index contributed by atoms with van der Waals surface area (Å²) >= 11 is 0. The fourth-order valence-corrected chi connectivity index (χ4v) is 11.0. The second kappa shape index (κ2) is 16.1. The van der Waals surface area contributed by atoms with Crippen LogP contribution in [0.15, 0.2) is 116 Å². The molecule has 0 bridgehead atoms. The Hall–Kier alpha value is -6.06. The highest BCUT2D eigenvalue weighted by Crippen LogP contribution is 2.34. The van der Waals surface area contributed by atoms with Gasteiger partial charge in [-0.3, -0.25) is 18.6 Å². The summed E-state index contributed by atoms with van der Waals surface area (Å²) in [6.07, 6.45) is 8.05. The maximum absolute atomic E-state index is 15.1. The Morgan fingerprint density at radius 2 is 1.77 bits per heavy atom. The van der Waals surface area contributed by atoms with E-state index < -0.39 is 21.5 Å². The van der Waals surface area contributed by atoms with Gasteiger partial charge in [0, 0.05) is 91.2 Å². The predicted molar refractivity (Wildman–Crippen MR) is 235 cm³/mol. The topological polar surface area (TPSA) is 147 Å². The number of hydrogen-bond acceptors (Lipinski definition) is 8. The van der Waals surface area contributed by atoms with Crippen LogP contribution >= 0.6 is 0 Å². The monoisotopic (exact) mass is 843 g/mol. The van der Waals surface area contributed by atoms with Crippen molar-refractivity contribution in [2.24, 2.45) is 22.1 Å². The van der Waals surface area contributed by atoms with E-state index in [4.69, 9.17) is 15.5 Å². The van der Waals surface area contributed by atoms with Gasteiger partial charge in [-0.2, -0.15) is 5.10 Å². The minimum atomic E-state index is -2.46. The van der Waals surface area contributed by atoms with Crippen LogP contribution in [0.1, 0.15) is 71.4 Å². The molecule has 6 aromatic rings. The fourth-order valence-electron chi connectivity index (χ4n) is 9.03. The fraction of sp³-hybridized carbons (Fsp3) is 0.348. The lowest BCUT2D eigenvalue weighted by Crippen LogP contribution is -2.48. The SMILES string of the molecule is Cc1cc(N=C(C2=C(N)CCN(C(=O)c3cc4cc(C5CCOCC5)ccc4n3Cc3ccnn3C)[C@H]2C)n2ccn(-c3ccc(S4(=O)=NCCC4)cc3)c2=O)cc(C)c1F. The first-order chi connectivity index (χ1) is 29.4. The van der Waals surface area contributed by atoms with Crippen LogP contribution in [-0.2, 0) is 28.1 Å². The van der Waals surface area contributed by atoms with Crippen LogP contribution < -0.4 is 11.4 Å². The average molecular weight is 844 g/mol.